The first-order valence-electron chi connectivity index (χ1n) is 8.62. The molecule has 0 atom stereocenters. The van der Waals surface area contributed by atoms with Crippen LogP contribution in [0, 0.1) is 0 Å². The summed E-state index contributed by atoms with van der Waals surface area (Å²) in [7, 11) is 0. The number of para-hydroxylation sites is 1. The molecule has 0 saturated carbocycles. The summed E-state index contributed by atoms with van der Waals surface area (Å²) in [5, 5.41) is 6.57. The molecule has 0 aliphatic carbocycles. The van der Waals surface area contributed by atoms with Crippen molar-refractivity contribution in [3.05, 3.63) is 78.0 Å². The second-order valence-corrected chi connectivity index (χ2v) is 6.03. The van der Waals surface area contributed by atoms with Crippen LogP contribution in [-0.2, 0) is 22.4 Å². The lowest BCUT2D eigenvalue weighted by atomic mass is 10.1. The van der Waals surface area contributed by atoms with E-state index in [-0.39, 0.29) is 24.8 Å². The largest absolute Gasteiger partial charge is 0.354 e. The summed E-state index contributed by atoms with van der Waals surface area (Å²) < 4.78 is 0. The van der Waals surface area contributed by atoms with Crippen molar-refractivity contribution < 1.29 is 9.59 Å². The molecule has 1 aromatic heterocycles. The van der Waals surface area contributed by atoms with Gasteiger partial charge in [0.1, 0.15) is 0 Å². The van der Waals surface area contributed by atoms with Crippen molar-refractivity contribution >= 4 is 22.7 Å². The first kappa shape index (κ1) is 17.6. The lowest BCUT2D eigenvalue weighted by Crippen LogP contribution is -2.38. The molecule has 2 N–H and O–H groups in total. The molecule has 26 heavy (non-hydrogen) atoms. The minimum Gasteiger partial charge on any atom is -0.354 e. The molecule has 0 fully saturated rings. The number of carbonyl (C=O) groups is 2. The zero-order chi connectivity index (χ0) is 18.2. The fourth-order valence-corrected chi connectivity index (χ4v) is 2.79. The van der Waals surface area contributed by atoms with Crippen molar-refractivity contribution in [2.24, 2.45) is 0 Å². The molecule has 0 saturated heterocycles. The van der Waals surface area contributed by atoms with Gasteiger partial charge in [-0.25, -0.2) is 0 Å². The number of nitrogens with one attached hydrogen (secondary N) is 2. The third kappa shape index (κ3) is 4.89. The number of hydrogen-bond acceptors (Lipinski definition) is 3. The summed E-state index contributed by atoms with van der Waals surface area (Å²) in [6.45, 7) is 0.489. The zero-order valence-electron chi connectivity index (χ0n) is 14.4. The number of rotatable bonds is 7. The maximum atomic E-state index is 11.9. The fraction of sp³-hybridized carbons (Fsp3) is 0.190. The Morgan fingerprint density at radius 3 is 2.50 bits per heavy atom. The van der Waals surface area contributed by atoms with Crippen LogP contribution < -0.4 is 10.6 Å². The number of pyridine rings is 1. The van der Waals surface area contributed by atoms with Crippen molar-refractivity contribution in [1.29, 1.82) is 0 Å². The van der Waals surface area contributed by atoms with Gasteiger partial charge < -0.3 is 10.6 Å². The van der Waals surface area contributed by atoms with Gasteiger partial charge in [0.05, 0.1) is 18.5 Å². The molecule has 2 amide bonds. The van der Waals surface area contributed by atoms with Crippen LogP contribution >= 0.6 is 0 Å². The van der Waals surface area contributed by atoms with E-state index < -0.39 is 0 Å². The average Bonchev–Trinajstić information content (AvgIpc) is 2.67. The number of hydrogen-bond donors (Lipinski definition) is 2. The Labute approximate surface area is 152 Å². The van der Waals surface area contributed by atoms with Crippen LogP contribution in [-0.4, -0.2) is 29.9 Å². The summed E-state index contributed by atoms with van der Waals surface area (Å²) in [5.41, 5.74) is 2.98. The van der Waals surface area contributed by atoms with Crippen molar-refractivity contribution in [1.82, 2.24) is 15.6 Å². The Kier molecular flexibility index (Phi) is 5.93. The Bertz CT molecular complexity index is 889. The van der Waals surface area contributed by atoms with Gasteiger partial charge in [0.25, 0.3) is 0 Å². The number of carbonyl (C=O) groups excluding carboxylic acids is 2. The van der Waals surface area contributed by atoms with Crippen LogP contribution in [0.4, 0.5) is 0 Å². The maximum Gasteiger partial charge on any atom is 0.239 e. The maximum absolute atomic E-state index is 11.9. The molecule has 3 aromatic rings. The molecule has 0 aliphatic rings. The van der Waals surface area contributed by atoms with E-state index >= 15 is 0 Å². The van der Waals surface area contributed by atoms with Gasteiger partial charge in [-0.15, -0.1) is 0 Å². The minimum atomic E-state index is -0.195. The Morgan fingerprint density at radius 2 is 1.65 bits per heavy atom. The topological polar surface area (TPSA) is 71.1 Å². The summed E-state index contributed by atoms with van der Waals surface area (Å²) in [4.78, 5) is 28.2. The van der Waals surface area contributed by atoms with Gasteiger partial charge in [-0.1, -0.05) is 54.6 Å². The van der Waals surface area contributed by atoms with E-state index in [1.54, 1.807) is 6.20 Å². The van der Waals surface area contributed by atoms with Crippen molar-refractivity contribution in [3.8, 4) is 0 Å². The molecule has 1 heterocycles. The van der Waals surface area contributed by atoms with Crippen LogP contribution in [0.3, 0.4) is 0 Å². The lowest BCUT2D eigenvalue weighted by molar-refractivity contribution is -0.125. The van der Waals surface area contributed by atoms with E-state index in [2.05, 4.69) is 15.6 Å². The van der Waals surface area contributed by atoms with Crippen LogP contribution in [0.5, 0.6) is 0 Å². The highest BCUT2D eigenvalue weighted by Crippen LogP contribution is 2.15. The van der Waals surface area contributed by atoms with E-state index in [1.165, 1.54) is 0 Å². The SMILES string of the molecule is O=C(CNC(=O)Cc1ccccc1)NCCc1cccc2cccnc12. The molecule has 0 radical (unpaired) electrons. The Morgan fingerprint density at radius 1 is 0.846 bits per heavy atom. The van der Waals surface area contributed by atoms with E-state index in [1.807, 2.05) is 60.7 Å². The van der Waals surface area contributed by atoms with E-state index in [0.29, 0.717) is 13.0 Å². The standard InChI is InChI=1S/C21H21N3O2/c25-19(14-16-6-2-1-3-7-16)24-15-20(26)22-13-11-18-9-4-8-17-10-5-12-23-21(17)18/h1-10,12H,11,13-15H2,(H,22,26)(H,24,25). The van der Waals surface area contributed by atoms with Crippen molar-refractivity contribution in [2.45, 2.75) is 12.8 Å². The van der Waals surface area contributed by atoms with Crippen LogP contribution in [0.1, 0.15) is 11.1 Å². The summed E-state index contributed by atoms with van der Waals surface area (Å²) >= 11 is 0. The van der Waals surface area contributed by atoms with Gasteiger partial charge in [0.2, 0.25) is 11.8 Å². The van der Waals surface area contributed by atoms with Gasteiger partial charge >= 0.3 is 0 Å². The zero-order valence-corrected chi connectivity index (χ0v) is 14.4. The van der Waals surface area contributed by atoms with Gasteiger partial charge in [-0.3, -0.25) is 14.6 Å². The molecule has 132 valence electrons. The molecule has 0 bridgehead atoms. The number of amides is 2. The molecule has 5 heteroatoms. The molecule has 0 unspecified atom stereocenters. The second kappa shape index (κ2) is 8.76. The second-order valence-electron chi connectivity index (χ2n) is 6.03. The van der Waals surface area contributed by atoms with Gasteiger partial charge in [0, 0.05) is 18.1 Å². The van der Waals surface area contributed by atoms with Crippen LogP contribution in [0.25, 0.3) is 10.9 Å². The summed E-state index contributed by atoms with van der Waals surface area (Å²) in [5.74, 6) is -0.357. The molecule has 0 aliphatic heterocycles. The third-order valence-corrected chi connectivity index (χ3v) is 4.09. The molecule has 2 aromatic carbocycles. The lowest BCUT2D eigenvalue weighted by Gasteiger charge is -2.08. The predicted molar refractivity (Wildman–Crippen MR) is 102 cm³/mol. The number of aromatic nitrogens is 1. The first-order valence-corrected chi connectivity index (χ1v) is 8.62. The molecular weight excluding hydrogens is 326 g/mol. The summed E-state index contributed by atoms with van der Waals surface area (Å²) in [6, 6.07) is 19.4. The van der Waals surface area contributed by atoms with Gasteiger partial charge in [0.15, 0.2) is 0 Å². The van der Waals surface area contributed by atoms with Gasteiger partial charge in [-0.2, -0.15) is 0 Å². The summed E-state index contributed by atoms with van der Waals surface area (Å²) in [6.07, 6.45) is 2.74. The average molecular weight is 347 g/mol. The quantitative estimate of drug-likeness (QED) is 0.689. The normalized spacial score (nSPS) is 10.5. The number of benzene rings is 2. The van der Waals surface area contributed by atoms with Crippen LogP contribution in [0.15, 0.2) is 66.9 Å². The minimum absolute atomic E-state index is 0.0144. The highest BCUT2D eigenvalue weighted by Gasteiger charge is 2.07. The Hall–Kier alpha value is -3.21. The smallest absolute Gasteiger partial charge is 0.239 e. The third-order valence-electron chi connectivity index (χ3n) is 4.09. The molecule has 5 nitrogen and oxygen atoms in total. The highest BCUT2D eigenvalue weighted by molar-refractivity contribution is 5.86. The molecule has 3 rings (SSSR count). The fourth-order valence-electron chi connectivity index (χ4n) is 2.79. The van der Waals surface area contributed by atoms with E-state index in [9.17, 15) is 9.59 Å². The number of nitrogens with zero attached hydrogens (tertiary/aromatic N) is 1. The monoisotopic (exact) mass is 347 g/mol. The van der Waals surface area contributed by atoms with Crippen LogP contribution in [0.2, 0.25) is 0 Å². The molecule has 0 spiro atoms. The number of fused-ring (bicyclic) bond motifs is 1. The van der Waals surface area contributed by atoms with E-state index in [4.69, 9.17) is 0 Å². The van der Waals surface area contributed by atoms with E-state index in [0.717, 1.165) is 22.0 Å². The van der Waals surface area contributed by atoms with Crippen molar-refractivity contribution in [2.75, 3.05) is 13.1 Å². The first-order chi connectivity index (χ1) is 12.7. The Balaban J connectivity index is 1.42. The highest BCUT2D eigenvalue weighted by atomic mass is 16.2. The van der Waals surface area contributed by atoms with Crippen molar-refractivity contribution in [3.63, 3.8) is 0 Å². The van der Waals surface area contributed by atoms with Gasteiger partial charge in [-0.05, 0) is 23.6 Å². The molecular formula is C21H21N3O2. The predicted octanol–water partition coefficient (Wildman–Crippen LogP) is 2.25.